The first-order chi connectivity index (χ1) is 18.2. The molecule has 0 spiro atoms. The fraction of sp³-hybridized carbons (Fsp3) is 0.400. The molecule has 0 saturated carbocycles. The van der Waals surface area contributed by atoms with E-state index in [4.69, 9.17) is 5.73 Å². The molecule has 1 aromatic carbocycles. The van der Waals surface area contributed by atoms with Crippen LogP contribution in [0.5, 0.6) is 0 Å². The van der Waals surface area contributed by atoms with Gasteiger partial charge in [0.15, 0.2) is 5.13 Å². The van der Waals surface area contributed by atoms with Gasteiger partial charge in [-0.05, 0) is 49.9 Å². The van der Waals surface area contributed by atoms with Gasteiger partial charge in [0.05, 0.1) is 11.3 Å². The average Bonchev–Trinajstić information content (AvgIpc) is 3.26. The molecule has 9 nitrogen and oxygen atoms in total. The lowest BCUT2D eigenvalue weighted by Gasteiger charge is -2.31. The van der Waals surface area contributed by atoms with Crippen molar-refractivity contribution in [3.63, 3.8) is 0 Å². The van der Waals surface area contributed by atoms with E-state index in [1.54, 1.807) is 0 Å². The van der Waals surface area contributed by atoms with Crippen molar-refractivity contribution in [2.24, 2.45) is 0 Å². The molecule has 0 amide bonds. The normalized spacial score (nSPS) is 14.9. The number of piperidine rings is 1. The third-order valence-electron chi connectivity index (χ3n) is 6.28. The van der Waals surface area contributed by atoms with Gasteiger partial charge in [0.1, 0.15) is 28.1 Å². The first-order valence-corrected chi connectivity index (χ1v) is 14.8. The van der Waals surface area contributed by atoms with E-state index in [2.05, 4.69) is 20.6 Å². The number of nitrogens with one attached hydrogen (secondary N) is 2. The summed E-state index contributed by atoms with van der Waals surface area (Å²) in [7, 11) is -3.40. The van der Waals surface area contributed by atoms with Crippen LogP contribution in [0, 0.1) is 11.6 Å². The maximum Gasteiger partial charge on any atom is 0.214 e. The molecule has 13 heteroatoms. The second-order valence-electron chi connectivity index (χ2n) is 8.94. The molecule has 4 rings (SSSR count). The Morgan fingerprint density at radius 3 is 2.50 bits per heavy atom. The van der Waals surface area contributed by atoms with Gasteiger partial charge in [-0.15, -0.1) is 0 Å². The number of sulfonamides is 1. The van der Waals surface area contributed by atoms with E-state index < -0.39 is 33.0 Å². The molecular weight excluding hydrogens is 534 g/mol. The Labute approximate surface area is 224 Å². The van der Waals surface area contributed by atoms with Crippen molar-refractivity contribution in [2.75, 3.05) is 41.8 Å². The number of nitrogens with two attached hydrogens (primary N) is 1. The van der Waals surface area contributed by atoms with Crippen LogP contribution in [0.2, 0.25) is 0 Å². The molecule has 38 heavy (non-hydrogen) atoms. The number of ketones is 1. The van der Waals surface area contributed by atoms with E-state index in [0.717, 1.165) is 41.4 Å². The third-order valence-corrected chi connectivity index (χ3v) is 9.24. The van der Waals surface area contributed by atoms with Crippen molar-refractivity contribution in [1.82, 2.24) is 14.3 Å². The van der Waals surface area contributed by atoms with Gasteiger partial charge in [-0.1, -0.05) is 30.4 Å². The lowest BCUT2D eigenvalue weighted by molar-refractivity contribution is 0.103. The van der Waals surface area contributed by atoms with Crippen LogP contribution in [0.4, 0.5) is 25.5 Å². The SMILES string of the molecule is CCc1cccc(NCCCS(=O)(=O)N2CCC(Nc3nc(N)c(C(=O)c4c(F)cccc4F)s3)CC2)n1. The number of hydrogen-bond acceptors (Lipinski definition) is 9. The van der Waals surface area contributed by atoms with Crippen molar-refractivity contribution in [3.05, 3.63) is 64.2 Å². The fourth-order valence-corrected chi connectivity index (χ4v) is 6.66. The minimum absolute atomic E-state index is 0.0344. The fourth-order valence-electron chi connectivity index (χ4n) is 4.21. The third kappa shape index (κ3) is 6.63. The highest BCUT2D eigenvalue weighted by molar-refractivity contribution is 7.89. The van der Waals surface area contributed by atoms with Crippen LogP contribution in [-0.4, -0.2) is 59.9 Å². The van der Waals surface area contributed by atoms with Gasteiger partial charge < -0.3 is 16.4 Å². The Balaban J connectivity index is 1.27. The Morgan fingerprint density at radius 1 is 1.13 bits per heavy atom. The van der Waals surface area contributed by atoms with Crippen LogP contribution in [0.1, 0.15) is 47.1 Å². The number of hydrogen-bond donors (Lipinski definition) is 3. The standard InChI is InChI=1S/C25H30F2N6O3S2/c1-2-16-6-3-9-20(30-16)29-12-5-15-38(35,36)33-13-10-17(11-14-33)31-25-32-24(28)23(37-25)22(34)21-18(26)7-4-8-19(21)27/h3-4,6-9,17H,2,5,10-15,28H2,1H3,(H,29,30)(H,31,32). The Kier molecular flexibility index (Phi) is 8.90. The Bertz CT molecular complexity index is 1370. The van der Waals surface area contributed by atoms with Crippen molar-refractivity contribution in [1.29, 1.82) is 0 Å². The number of carbonyl (C=O) groups is 1. The summed E-state index contributed by atoms with van der Waals surface area (Å²) in [6.45, 7) is 3.22. The molecule has 0 radical (unpaired) electrons. The van der Waals surface area contributed by atoms with E-state index in [1.807, 2.05) is 25.1 Å². The second-order valence-corrected chi connectivity index (χ2v) is 12.0. The summed E-state index contributed by atoms with van der Waals surface area (Å²) < 4.78 is 55.2. The number of aryl methyl sites for hydroxylation is 1. The van der Waals surface area contributed by atoms with Crippen molar-refractivity contribution in [2.45, 2.75) is 38.6 Å². The van der Waals surface area contributed by atoms with Gasteiger partial charge in [0.25, 0.3) is 0 Å². The first-order valence-electron chi connectivity index (χ1n) is 12.4. The van der Waals surface area contributed by atoms with Gasteiger partial charge >= 0.3 is 0 Å². The maximum atomic E-state index is 14.0. The molecule has 0 atom stereocenters. The zero-order valence-electron chi connectivity index (χ0n) is 20.9. The lowest BCUT2D eigenvalue weighted by Crippen LogP contribution is -2.43. The second kappa shape index (κ2) is 12.1. The summed E-state index contributed by atoms with van der Waals surface area (Å²) in [5.41, 5.74) is 6.17. The van der Waals surface area contributed by atoms with Crippen molar-refractivity contribution < 1.29 is 22.0 Å². The summed E-state index contributed by atoms with van der Waals surface area (Å²) in [6.07, 6.45) is 2.36. The molecule has 1 aliphatic heterocycles. The van der Waals surface area contributed by atoms with Gasteiger partial charge in [-0.25, -0.2) is 31.5 Å². The van der Waals surface area contributed by atoms with Gasteiger partial charge in [-0.2, -0.15) is 0 Å². The molecule has 204 valence electrons. The zero-order chi connectivity index (χ0) is 27.3. The van der Waals surface area contributed by atoms with Crippen LogP contribution in [0.15, 0.2) is 36.4 Å². The quantitative estimate of drug-likeness (QED) is 0.236. The Morgan fingerprint density at radius 2 is 1.82 bits per heavy atom. The predicted molar refractivity (Wildman–Crippen MR) is 145 cm³/mol. The maximum absolute atomic E-state index is 14.0. The molecule has 0 aliphatic carbocycles. The summed E-state index contributed by atoms with van der Waals surface area (Å²) >= 11 is 0.920. The number of thiazole rings is 1. The lowest BCUT2D eigenvalue weighted by atomic mass is 10.1. The minimum atomic E-state index is -3.40. The largest absolute Gasteiger partial charge is 0.382 e. The number of nitrogens with zero attached hydrogens (tertiary/aromatic N) is 3. The zero-order valence-corrected chi connectivity index (χ0v) is 22.5. The highest BCUT2D eigenvalue weighted by atomic mass is 32.2. The predicted octanol–water partition coefficient (Wildman–Crippen LogP) is 3.90. The number of anilines is 3. The van der Waals surface area contributed by atoms with Crippen molar-refractivity contribution >= 4 is 43.9 Å². The highest BCUT2D eigenvalue weighted by Gasteiger charge is 2.29. The van der Waals surface area contributed by atoms with Crippen LogP contribution in [0.25, 0.3) is 0 Å². The first kappa shape index (κ1) is 27.9. The molecule has 3 aromatic rings. The van der Waals surface area contributed by atoms with Gasteiger partial charge in [0.2, 0.25) is 15.8 Å². The number of benzene rings is 1. The smallest absolute Gasteiger partial charge is 0.214 e. The molecule has 0 unspecified atom stereocenters. The molecule has 1 aliphatic rings. The topological polar surface area (TPSA) is 130 Å². The van der Waals surface area contributed by atoms with E-state index in [-0.39, 0.29) is 22.5 Å². The number of nitrogen functional groups attached to an aromatic ring is 1. The minimum Gasteiger partial charge on any atom is -0.382 e. The van der Waals surface area contributed by atoms with E-state index in [0.29, 0.717) is 44.0 Å². The summed E-state index contributed by atoms with van der Waals surface area (Å²) in [4.78, 5) is 21.2. The number of rotatable bonds is 11. The van der Waals surface area contributed by atoms with E-state index >= 15 is 0 Å². The molecule has 1 saturated heterocycles. The van der Waals surface area contributed by atoms with Crippen LogP contribution >= 0.6 is 11.3 Å². The van der Waals surface area contributed by atoms with E-state index in [9.17, 15) is 22.0 Å². The van der Waals surface area contributed by atoms with Gasteiger partial charge in [-0.3, -0.25) is 4.79 Å². The average molecular weight is 565 g/mol. The number of aromatic nitrogens is 2. The molecule has 2 aromatic heterocycles. The monoisotopic (exact) mass is 564 g/mol. The summed E-state index contributed by atoms with van der Waals surface area (Å²) in [5.74, 6) is -2.15. The molecule has 3 heterocycles. The van der Waals surface area contributed by atoms with E-state index in [1.165, 1.54) is 10.4 Å². The Hall–Kier alpha value is -3.16. The highest BCUT2D eigenvalue weighted by Crippen LogP contribution is 2.30. The number of halogens is 2. The van der Waals surface area contributed by atoms with Crippen LogP contribution in [-0.2, 0) is 16.4 Å². The molecule has 0 bridgehead atoms. The van der Waals surface area contributed by atoms with Crippen LogP contribution in [0.3, 0.4) is 0 Å². The summed E-state index contributed by atoms with van der Waals surface area (Å²) in [5, 5.41) is 6.70. The molecule has 1 fully saturated rings. The molecule has 4 N–H and O–H groups in total. The van der Waals surface area contributed by atoms with Crippen LogP contribution < -0.4 is 16.4 Å². The summed E-state index contributed by atoms with van der Waals surface area (Å²) in [6, 6.07) is 8.84. The molecular formula is C25H30F2N6O3S2. The number of pyridine rings is 1. The van der Waals surface area contributed by atoms with Gasteiger partial charge in [0, 0.05) is 31.4 Å². The van der Waals surface area contributed by atoms with Crippen molar-refractivity contribution in [3.8, 4) is 0 Å². The number of carbonyl (C=O) groups excluding carboxylic acids is 1.